The van der Waals surface area contributed by atoms with Crippen molar-refractivity contribution in [2.75, 3.05) is 13.7 Å². The van der Waals surface area contributed by atoms with Gasteiger partial charge in [-0.25, -0.2) is 0 Å². The third-order valence-corrected chi connectivity index (χ3v) is 4.55. The fourth-order valence-electron chi connectivity index (χ4n) is 3.41. The Kier molecular flexibility index (Phi) is 4.59. The quantitative estimate of drug-likeness (QED) is 0.457. The Morgan fingerprint density at radius 1 is 1.41 bits per heavy atom. The van der Waals surface area contributed by atoms with Crippen LogP contribution >= 0.6 is 0 Å². The van der Waals surface area contributed by atoms with E-state index in [1.54, 1.807) is 24.3 Å². The van der Waals surface area contributed by atoms with Crippen LogP contribution in [0.25, 0.3) is 0 Å². The van der Waals surface area contributed by atoms with E-state index < -0.39 is 22.8 Å². The maximum Gasteiger partial charge on any atom is 0.212 e. The number of Topliss-reactive ketones (excluding diaryl/α,β-unsaturated/α-hetero) is 2. The number of ether oxygens (including phenoxy) is 1. The Balaban J connectivity index is 2.50. The maximum absolute atomic E-state index is 12.4. The van der Waals surface area contributed by atoms with Gasteiger partial charge in [0.1, 0.15) is 22.7 Å². The Bertz CT molecular complexity index is 595. The summed E-state index contributed by atoms with van der Waals surface area (Å²) in [5.74, 6) is -0.570. The number of carbonyl (C=O) groups excluding carboxylic acids is 2. The van der Waals surface area contributed by atoms with Crippen LogP contribution < -0.4 is 4.74 Å². The monoisotopic (exact) mass is 305 g/mol. The molecule has 0 unspecified atom stereocenters. The molecule has 1 fully saturated rings. The van der Waals surface area contributed by atoms with E-state index in [-0.39, 0.29) is 11.6 Å². The van der Waals surface area contributed by atoms with Crippen molar-refractivity contribution in [3.63, 3.8) is 0 Å². The third-order valence-electron chi connectivity index (χ3n) is 4.55. The number of methoxy groups -OCH3 is 1. The second-order valence-corrected chi connectivity index (χ2v) is 5.65. The highest BCUT2D eigenvalue weighted by Crippen LogP contribution is 2.47. The van der Waals surface area contributed by atoms with Crippen LogP contribution in [-0.2, 0) is 9.59 Å². The SMILES string of the molecule is COc1ccc([C@H](C[N+](=O)[O-])[C@]2(C(C)=O)CCCC2=O)cc1. The number of nitro groups is 1. The summed E-state index contributed by atoms with van der Waals surface area (Å²) >= 11 is 0. The van der Waals surface area contributed by atoms with Gasteiger partial charge < -0.3 is 4.74 Å². The lowest BCUT2D eigenvalue weighted by molar-refractivity contribution is -0.485. The van der Waals surface area contributed by atoms with Crippen molar-refractivity contribution < 1.29 is 19.2 Å². The first-order valence-corrected chi connectivity index (χ1v) is 7.22. The Morgan fingerprint density at radius 3 is 2.45 bits per heavy atom. The summed E-state index contributed by atoms with van der Waals surface area (Å²) in [4.78, 5) is 35.3. The van der Waals surface area contributed by atoms with Gasteiger partial charge in [0.2, 0.25) is 6.54 Å². The van der Waals surface area contributed by atoms with Crippen LogP contribution in [0.15, 0.2) is 24.3 Å². The number of hydrogen-bond acceptors (Lipinski definition) is 5. The van der Waals surface area contributed by atoms with Crippen molar-refractivity contribution in [2.45, 2.75) is 32.1 Å². The third kappa shape index (κ3) is 2.73. The van der Waals surface area contributed by atoms with Crippen LogP contribution in [0.4, 0.5) is 0 Å². The highest BCUT2D eigenvalue weighted by Gasteiger charge is 2.54. The van der Waals surface area contributed by atoms with Crippen molar-refractivity contribution in [2.24, 2.45) is 5.41 Å². The van der Waals surface area contributed by atoms with Gasteiger partial charge >= 0.3 is 0 Å². The van der Waals surface area contributed by atoms with Crippen molar-refractivity contribution in [3.05, 3.63) is 39.9 Å². The molecule has 118 valence electrons. The van der Waals surface area contributed by atoms with Crippen LogP contribution in [0.1, 0.15) is 37.7 Å². The van der Waals surface area contributed by atoms with E-state index in [0.29, 0.717) is 30.6 Å². The van der Waals surface area contributed by atoms with E-state index in [1.807, 2.05) is 0 Å². The fraction of sp³-hybridized carbons (Fsp3) is 0.500. The molecule has 0 N–H and O–H groups in total. The summed E-state index contributed by atoms with van der Waals surface area (Å²) < 4.78 is 5.08. The van der Waals surface area contributed by atoms with Crippen molar-refractivity contribution in [1.29, 1.82) is 0 Å². The van der Waals surface area contributed by atoms with Crippen LogP contribution in [0.2, 0.25) is 0 Å². The molecule has 1 aromatic carbocycles. The molecule has 0 amide bonds. The molecule has 0 aromatic heterocycles. The zero-order chi connectivity index (χ0) is 16.3. The zero-order valence-electron chi connectivity index (χ0n) is 12.7. The van der Waals surface area contributed by atoms with E-state index in [4.69, 9.17) is 4.74 Å². The molecule has 0 radical (unpaired) electrons. The van der Waals surface area contributed by atoms with Crippen LogP contribution in [-0.4, -0.2) is 30.1 Å². The standard InChI is InChI=1S/C16H19NO5/c1-11(18)16(9-3-4-15(16)19)14(10-17(20)21)12-5-7-13(22-2)8-6-12/h5-8,14H,3-4,9-10H2,1-2H3/t14-,16+/m0/s1. The number of ketones is 2. The molecule has 0 spiro atoms. The van der Waals surface area contributed by atoms with Gasteiger partial charge in [0.25, 0.3) is 0 Å². The average Bonchev–Trinajstić information content (AvgIpc) is 2.87. The Labute approximate surface area is 128 Å². The molecular weight excluding hydrogens is 286 g/mol. The normalized spacial score (nSPS) is 22.4. The molecule has 0 saturated heterocycles. The number of rotatable bonds is 6. The van der Waals surface area contributed by atoms with Crippen LogP contribution in [0.3, 0.4) is 0 Å². The summed E-state index contributed by atoms with van der Waals surface area (Å²) in [7, 11) is 1.53. The predicted molar refractivity (Wildman–Crippen MR) is 79.6 cm³/mol. The minimum absolute atomic E-state index is 0.178. The molecule has 1 aliphatic carbocycles. The number of benzene rings is 1. The van der Waals surface area contributed by atoms with E-state index in [9.17, 15) is 19.7 Å². The molecule has 1 aliphatic rings. The van der Waals surface area contributed by atoms with Gasteiger partial charge in [0.05, 0.1) is 13.0 Å². The van der Waals surface area contributed by atoms with Gasteiger partial charge in [0, 0.05) is 11.3 Å². The van der Waals surface area contributed by atoms with Crippen molar-refractivity contribution in [3.8, 4) is 5.75 Å². The smallest absolute Gasteiger partial charge is 0.212 e. The van der Waals surface area contributed by atoms with Crippen molar-refractivity contribution >= 4 is 11.6 Å². The summed E-state index contributed by atoms with van der Waals surface area (Å²) in [5, 5.41) is 11.1. The Hall–Kier alpha value is -2.24. The Morgan fingerprint density at radius 2 is 2.05 bits per heavy atom. The van der Waals surface area contributed by atoms with Crippen LogP contribution in [0.5, 0.6) is 5.75 Å². The summed E-state index contributed by atoms with van der Waals surface area (Å²) in [5.41, 5.74) is -0.635. The average molecular weight is 305 g/mol. The fourth-order valence-corrected chi connectivity index (χ4v) is 3.41. The van der Waals surface area contributed by atoms with Gasteiger partial charge in [-0.2, -0.15) is 0 Å². The maximum atomic E-state index is 12.4. The topological polar surface area (TPSA) is 86.5 Å². The van der Waals surface area contributed by atoms with Gasteiger partial charge in [-0.05, 0) is 37.5 Å². The predicted octanol–water partition coefficient (Wildman–Crippen LogP) is 2.38. The molecule has 6 heteroatoms. The molecule has 0 heterocycles. The van der Waals surface area contributed by atoms with Crippen LogP contribution in [0, 0.1) is 15.5 Å². The lowest BCUT2D eigenvalue weighted by Crippen LogP contribution is -2.42. The lowest BCUT2D eigenvalue weighted by Gasteiger charge is -2.31. The number of carbonyl (C=O) groups is 2. The first-order valence-electron chi connectivity index (χ1n) is 7.22. The van der Waals surface area contributed by atoms with Gasteiger partial charge in [-0.15, -0.1) is 0 Å². The molecule has 2 atom stereocenters. The summed E-state index contributed by atoms with van der Waals surface area (Å²) in [6, 6.07) is 6.78. The van der Waals surface area contributed by atoms with E-state index in [1.165, 1.54) is 14.0 Å². The number of hydrogen-bond donors (Lipinski definition) is 0. The van der Waals surface area contributed by atoms with Gasteiger partial charge in [-0.3, -0.25) is 19.7 Å². The molecule has 0 aliphatic heterocycles. The van der Waals surface area contributed by atoms with E-state index >= 15 is 0 Å². The summed E-state index contributed by atoms with van der Waals surface area (Å²) in [6.45, 7) is 0.928. The van der Waals surface area contributed by atoms with E-state index in [0.717, 1.165) is 0 Å². The van der Waals surface area contributed by atoms with Crippen molar-refractivity contribution in [1.82, 2.24) is 0 Å². The minimum Gasteiger partial charge on any atom is -0.497 e. The molecule has 1 saturated carbocycles. The molecule has 22 heavy (non-hydrogen) atoms. The molecule has 0 bridgehead atoms. The zero-order valence-corrected chi connectivity index (χ0v) is 12.7. The highest BCUT2D eigenvalue weighted by atomic mass is 16.6. The molecule has 2 rings (SSSR count). The second kappa shape index (κ2) is 6.25. The van der Waals surface area contributed by atoms with Gasteiger partial charge in [0.15, 0.2) is 0 Å². The highest BCUT2D eigenvalue weighted by molar-refractivity contribution is 6.08. The molecule has 6 nitrogen and oxygen atoms in total. The summed E-state index contributed by atoms with van der Waals surface area (Å²) in [6.07, 6.45) is 1.29. The second-order valence-electron chi connectivity index (χ2n) is 5.65. The van der Waals surface area contributed by atoms with Gasteiger partial charge in [-0.1, -0.05) is 12.1 Å². The molecular formula is C16H19NO5. The minimum atomic E-state index is -1.26. The van der Waals surface area contributed by atoms with E-state index in [2.05, 4.69) is 0 Å². The number of nitrogens with zero attached hydrogens (tertiary/aromatic N) is 1. The first kappa shape index (κ1) is 16.1. The molecule has 1 aromatic rings. The first-order chi connectivity index (χ1) is 10.4. The largest absolute Gasteiger partial charge is 0.497 e. The lowest BCUT2D eigenvalue weighted by atomic mass is 9.67.